The van der Waals surface area contributed by atoms with Crippen LogP contribution in [0.1, 0.15) is 37.8 Å². The third-order valence-electron chi connectivity index (χ3n) is 3.50. The van der Waals surface area contributed by atoms with E-state index in [-0.39, 0.29) is 18.0 Å². The molecule has 1 aliphatic rings. The van der Waals surface area contributed by atoms with E-state index in [1.54, 1.807) is 4.90 Å². The third-order valence-corrected chi connectivity index (χ3v) is 3.50. The summed E-state index contributed by atoms with van der Waals surface area (Å²) in [5.74, 6) is -1.76. The van der Waals surface area contributed by atoms with Gasteiger partial charge in [0.1, 0.15) is 0 Å². The highest BCUT2D eigenvalue weighted by Crippen LogP contribution is 2.31. The summed E-state index contributed by atoms with van der Waals surface area (Å²) in [6, 6.07) is 3.12. The van der Waals surface area contributed by atoms with Gasteiger partial charge in [-0.25, -0.2) is 8.78 Å². The molecule has 5 heteroatoms. The van der Waals surface area contributed by atoms with Crippen LogP contribution in [0.4, 0.5) is 8.78 Å². The predicted octanol–water partition coefficient (Wildman–Crippen LogP) is 2.37. The first-order valence-electron chi connectivity index (χ1n) is 6.54. The van der Waals surface area contributed by atoms with Crippen LogP contribution < -0.4 is 5.73 Å². The predicted molar refractivity (Wildman–Crippen MR) is 68.3 cm³/mol. The molecule has 0 aromatic heterocycles. The van der Waals surface area contributed by atoms with Crippen molar-refractivity contribution in [3.8, 4) is 0 Å². The van der Waals surface area contributed by atoms with E-state index in [0.29, 0.717) is 24.9 Å². The SMILES string of the molecule is CCCN1C(=O)CCC(N)C1c1ccc(F)c(F)c1. The van der Waals surface area contributed by atoms with Crippen LogP contribution in [0.25, 0.3) is 0 Å². The second-order valence-corrected chi connectivity index (χ2v) is 4.91. The van der Waals surface area contributed by atoms with Gasteiger partial charge in [-0.1, -0.05) is 13.0 Å². The fraction of sp³-hybridized carbons (Fsp3) is 0.500. The number of likely N-dealkylation sites (tertiary alicyclic amines) is 1. The Morgan fingerprint density at radius 3 is 2.74 bits per heavy atom. The van der Waals surface area contributed by atoms with E-state index < -0.39 is 11.6 Å². The van der Waals surface area contributed by atoms with E-state index in [0.717, 1.165) is 18.6 Å². The lowest BCUT2D eigenvalue weighted by Crippen LogP contribution is -2.49. The number of hydrogen-bond donors (Lipinski definition) is 1. The molecule has 1 fully saturated rings. The van der Waals surface area contributed by atoms with E-state index in [1.165, 1.54) is 6.07 Å². The number of benzene rings is 1. The number of amides is 1. The number of carbonyl (C=O) groups excluding carboxylic acids is 1. The molecule has 1 heterocycles. The lowest BCUT2D eigenvalue weighted by atomic mass is 9.90. The highest BCUT2D eigenvalue weighted by molar-refractivity contribution is 5.78. The molecule has 0 spiro atoms. The second-order valence-electron chi connectivity index (χ2n) is 4.91. The molecule has 0 radical (unpaired) electrons. The fourth-order valence-corrected chi connectivity index (χ4v) is 2.61. The lowest BCUT2D eigenvalue weighted by molar-refractivity contribution is -0.137. The van der Waals surface area contributed by atoms with E-state index >= 15 is 0 Å². The Morgan fingerprint density at radius 1 is 1.37 bits per heavy atom. The Balaban J connectivity index is 2.36. The third kappa shape index (κ3) is 2.76. The maximum atomic E-state index is 13.4. The molecule has 2 atom stereocenters. The average Bonchev–Trinajstić information content (AvgIpc) is 2.38. The molecule has 0 saturated carbocycles. The zero-order valence-corrected chi connectivity index (χ0v) is 10.9. The number of carbonyl (C=O) groups is 1. The van der Waals surface area contributed by atoms with Crippen molar-refractivity contribution in [2.24, 2.45) is 5.73 Å². The van der Waals surface area contributed by atoms with Crippen molar-refractivity contribution >= 4 is 5.91 Å². The fourth-order valence-electron chi connectivity index (χ4n) is 2.61. The number of halogens is 2. The summed E-state index contributed by atoms with van der Waals surface area (Å²) in [6.45, 7) is 2.55. The Hall–Kier alpha value is -1.49. The highest BCUT2D eigenvalue weighted by atomic mass is 19.2. The van der Waals surface area contributed by atoms with Crippen molar-refractivity contribution < 1.29 is 13.6 Å². The smallest absolute Gasteiger partial charge is 0.223 e. The summed E-state index contributed by atoms with van der Waals surface area (Å²) in [7, 11) is 0. The molecule has 1 aromatic rings. The monoisotopic (exact) mass is 268 g/mol. The first-order chi connectivity index (χ1) is 9.04. The molecule has 0 bridgehead atoms. The standard InChI is InChI=1S/C14H18F2N2O/c1-2-7-18-13(19)6-5-12(17)14(18)9-3-4-10(15)11(16)8-9/h3-4,8,12,14H,2,5-7,17H2,1H3. The largest absolute Gasteiger partial charge is 0.334 e. The van der Waals surface area contributed by atoms with Gasteiger partial charge in [0, 0.05) is 19.0 Å². The molecule has 2 unspecified atom stereocenters. The van der Waals surface area contributed by atoms with Gasteiger partial charge in [0.15, 0.2) is 11.6 Å². The van der Waals surface area contributed by atoms with Crippen molar-refractivity contribution in [2.75, 3.05) is 6.54 Å². The Kier molecular flexibility index (Phi) is 4.14. The molecule has 1 saturated heterocycles. The lowest BCUT2D eigenvalue weighted by Gasteiger charge is -2.40. The quantitative estimate of drug-likeness (QED) is 0.914. The minimum absolute atomic E-state index is 0.0262. The van der Waals surface area contributed by atoms with Crippen LogP contribution in [0.3, 0.4) is 0 Å². The van der Waals surface area contributed by atoms with Gasteiger partial charge in [-0.2, -0.15) is 0 Å². The molecular formula is C14H18F2N2O. The van der Waals surface area contributed by atoms with Crippen LogP contribution in [0.5, 0.6) is 0 Å². The Morgan fingerprint density at radius 2 is 2.11 bits per heavy atom. The normalized spacial score (nSPS) is 23.8. The molecule has 2 rings (SSSR count). The Bertz CT molecular complexity index is 479. The van der Waals surface area contributed by atoms with Crippen LogP contribution in [-0.4, -0.2) is 23.4 Å². The minimum atomic E-state index is -0.904. The summed E-state index contributed by atoms with van der Waals surface area (Å²) in [5, 5.41) is 0. The zero-order chi connectivity index (χ0) is 14.0. The minimum Gasteiger partial charge on any atom is -0.334 e. The average molecular weight is 268 g/mol. The van der Waals surface area contributed by atoms with Crippen LogP contribution in [0.15, 0.2) is 18.2 Å². The van der Waals surface area contributed by atoms with Gasteiger partial charge in [-0.3, -0.25) is 4.79 Å². The van der Waals surface area contributed by atoms with Crippen LogP contribution in [0.2, 0.25) is 0 Å². The molecule has 104 valence electrons. The number of piperidine rings is 1. The zero-order valence-electron chi connectivity index (χ0n) is 10.9. The molecule has 1 amide bonds. The van der Waals surface area contributed by atoms with E-state index in [2.05, 4.69) is 0 Å². The van der Waals surface area contributed by atoms with Gasteiger partial charge < -0.3 is 10.6 Å². The second kappa shape index (κ2) is 5.65. The van der Waals surface area contributed by atoms with E-state index in [1.807, 2.05) is 6.92 Å². The van der Waals surface area contributed by atoms with Crippen LogP contribution >= 0.6 is 0 Å². The summed E-state index contributed by atoms with van der Waals surface area (Å²) in [5.41, 5.74) is 6.63. The number of rotatable bonds is 3. The van der Waals surface area contributed by atoms with Crippen molar-refractivity contribution in [3.05, 3.63) is 35.4 Å². The summed E-state index contributed by atoms with van der Waals surface area (Å²) < 4.78 is 26.4. The van der Waals surface area contributed by atoms with Gasteiger partial charge in [-0.05, 0) is 30.5 Å². The molecule has 0 aliphatic carbocycles. The number of nitrogens with two attached hydrogens (primary N) is 1. The van der Waals surface area contributed by atoms with Crippen LogP contribution in [0, 0.1) is 11.6 Å². The van der Waals surface area contributed by atoms with Crippen molar-refractivity contribution in [3.63, 3.8) is 0 Å². The first kappa shape index (κ1) is 13.9. The Labute approximate surface area is 111 Å². The molecule has 1 aromatic carbocycles. The maximum Gasteiger partial charge on any atom is 0.223 e. The summed E-state index contributed by atoms with van der Waals surface area (Å²) in [6.07, 6.45) is 1.79. The molecule has 3 nitrogen and oxygen atoms in total. The van der Waals surface area contributed by atoms with Crippen molar-refractivity contribution in [2.45, 2.75) is 38.3 Å². The van der Waals surface area contributed by atoms with Gasteiger partial charge in [0.25, 0.3) is 0 Å². The maximum absolute atomic E-state index is 13.4. The number of hydrogen-bond acceptors (Lipinski definition) is 2. The van der Waals surface area contributed by atoms with Gasteiger partial charge in [0.05, 0.1) is 6.04 Å². The highest BCUT2D eigenvalue weighted by Gasteiger charge is 2.34. The number of nitrogens with zero attached hydrogens (tertiary/aromatic N) is 1. The molecule has 1 aliphatic heterocycles. The molecule has 19 heavy (non-hydrogen) atoms. The van der Waals surface area contributed by atoms with Gasteiger partial charge >= 0.3 is 0 Å². The van der Waals surface area contributed by atoms with Crippen molar-refractivity contribution in [1.29, 1.82) is 0 Å². The van der Waals surface area contributed by atoms with Gasteiger partial charge in [0.2, 0.25) is 5.91 Å². The van der Waals surface area contributed by atoms with E-state index in [4.69, 9.17) is 5.73 Å². The summed E-state index contributed by atoms with van der Waals surface area (Å²) >= 11 is 0. The van der Waals surface area contributed by atoms with Crippen molar-refractivity contribution in [1.82, 2.24) is 4.90 Å². The van der Waals surface area contributed by atoms with Gasteiger partial charge in [-0.15, -0.1) is 0 Å². The topological polar surface area (TPSA) is 46.3 Å². The van der Waals surface area contributed by atoms with E-state index in [9.17, 15) is 13.6 Å². The molecular weight excluding hydrogens is 250 g/mol. The van der Waals surface area contributed by atoms with Crippen LogP contribution in [-0.2, 0) is 4.79 Å². The molecule has 2 N–H and O–H groups in total. The summed E-state index contributed by atoms with van der Waals surface area (Å²) in [4.78, 5) is 13.6. The first-order valence-corrected chi connectivity index (χ1v) is 6.54.